The van der Waals surface area contributed by atoms with Crippen LogP contribution < -0.4 is 10.6 Å². The SMILES string of the molecule is CN=C(NCCc1cccc(F)c1F)NC1CCCC(C(F)(F)F)C1. The third-order valence-electron chi connectivity index (χ3n) is 4.42. The Morgan fingerprint density at radius 3 is 2.68 bits per heavy atom. The van der Waals surface area contributed by atoms with Gasteiger partial charge in [0.2, 0.25) is 0 Å². The van der Waals surface area contributed by atoms with Crippen LogP contribution in [0.2, 0.25) is 0 Å². The van der Waals surface area contributed by atoms with Crippen molar-refractivity contribution in [2.45, 2.75) is 44.3 Å². The van der Waals surface area contributed by atoms with Gasteiger partial charge in [0.15, 0.2) is 17.6 Å². The average Bonchev–Trinajstić information content (AvgIpc) is 2.57. The Morgan fingerprint density at radius 1 is 1.24 bits per heavy atom. The van der Waals surface area contributed by atoms with Crippen LogP contribution in [0.15, 0.2) is 23.2 Å². The molecule has 0 aliphatic heterocycles. The molecule has 1 aromatic carbocycles. The molecule has 1 aromatic rings. The van der Waals surface area contributed by atoms with Gasteiger partial charge in [-0.15, -0.1) is 0 Å². The molecule has 0 amide bonds. The quantitative estimate of drug-likeness (QED) is 0.485. The van der Waals surface area contributed by atoms with E-state index in [0.29, 0.717) is 18.8 Å². The fraction of sp³-hybridized carbons (Fsp3) is 0.588. The van der Waals surface area contributed by atoms with Gasteiger partial charge in [0.25, 0.3) is 0 Å². The van der Waals surface area contributed by atoms with Crippen molar-refractivity contribution in [2.24, 2.45) is 10.9 Å². The van der Waals surface area contributed by atoms with E-state index in [9.17, 15) is 22.0 Å². The second-order valence-electron chi connectivity index (χ2n) is 6.21. The predicted octanol–water partition coefficient (Wildman–Crippen LogP) is 3.79. The maximum absolute atomic E-state index is 13.6. The summed E-state index contributed by atoms with van der Waals surface area (Å²) in [5, 5.41) is 5.93. The molecule has 1 saturated carbocycles. The minimum Gasteiger partial charge on any atom is -0.356 e. The first-order valence-corrected chi connectivity index (χ1v) is 8.28. The molecule has 8 heteroatoms. The lowest BCUT2D eigenvalue weighted by Crippen LogP contribution is -2.47. The largest absolute Gasteiger partial charge is 0.391 e. The van der Waals surface area contributed by atoms with Crippen molar-refractivity contribution in [1.29, 1.82) is 0 Å². The highest BCUT2D eigenvalue weighted by Gasteiger charge is 2.42. The number of guanidine groups is 1. The number of rotatable bonds is 4. The van der Waals surface area contributed by atoms with Crippen molar-refractivity contribution in [3.8, 4) is 0 Å². The highest BCUT2D eigenvalue weighted by molar-refractivity contribution is 5.79. The van der Waals surface area contributed by atoms with Gasteiger partial charge in [-0.05, 0) is 37.3 Å². The van der Waals surface area contributed by atoms with Gasteiger partial charge in [-0.2, -0.15) is 13.2 Å². The Morgan fingerprint density at radius 2 is 2.00 bits per heavy atom. The molecule has 2 rings (SSSR count). The van der Waals surface area contributed by atoms with Gasteiger partial charge >= 0.3 is 6.18 Å². The monoisotopic (exact) mass is 363 g/mol. The molecule has 0 radical (unpaired) electrons. The molecule has 2 unspecified atom stereocenters. The molecular weight excluding hydrogens is 341 g/mol. The number of hydrogen-bond acceptors (Lipinski definition) is 1. The first-order valence-electron chi connectivity index (χ1n) is 8.28. The summed E-state index contributed by atoms with van der Waals surface area (Å²) < 4.78 is 65.3. The zero-order chi connectivity index (χ0) is 18.4. The topological polar surface area (TPSA) is 36.4 Å². The van der Waals surface area contributed by atoms with Crippen LogP contribution in [0.4, 0.5) is 22.0 Å². The van der Waals surface area contributed by atoms with Crippen molar-refractivity contribution in [3.05, 3.63) is 35.4 Å². The number of halogens is 5. The number of benzene rings is 1. The normalized spacial score (nSPS) is 21.9. The van der Waals surface area contributed by atoms with Crippen molar-refractivity contribution >= 4 is 5.96 Å². The first-order chi connectivity index (χ1) is 11.8. The van der Waals surface area contributed by atoms with Crippen LogP contribution in [0, 0.1) is 17.6 Å². The number of alkyl halides is 3. The minimum atomic E-state index is -4.17. The predicted molar refractivity (Wildman–Crippen MR) is 86.4 cm³/mol. The number of aliphatic imine (C=N–C) groups is 1. The molecule has 1 aliphatic rings. The summed E-state index contributed by atoms with van der Waals surface area (Å²) in [7, 11) is 1.52. The van der Waals surface area contributed by atoms with Crippen LogP contribution >= 0.6 is 0 Å². The maximum atomic E-state index is 13.6. The van der Waals surface area contributed by atoms with Crippen LogP contribution in [0.25, 0.3) is 0 Å². The maximum Gasteiger partial charge on any atom is 0.391 e. The fourth-order valence-electron chi connectivity index (χ4n) is 3.06. The Balaban J connectivity index is 1.83. The summed E-state index contributed by atoms with van der Waals surface area (Å²) in [5.74, 6) is -2.71. The molecule has 1 fully saturated rings. The Hall–Kier alpha value is -1.86. The summed E-state index contributed by atoms with van der Waals surface area (Å²) in [6.45, 7) is 0.287. The number of hydrogen-bond donors (Lipinski definition) is 2. The van der Waals surface area contributed by atoms with Crippen LogP contribution in [-0.4, -0.2) is 31.8 Å². The summed E-state index contributed by atoms with van der Waals surface area (Å²) in [4.78, 5) is 3.99. The lowest BCUT2D eigenvalue weighted by Gasteiger charge is -2.31. The van der Waals surface area contributed by atoms with E-state index in [1.165, 1.54) is 19.2 Å². The minimum absolute atomic E-state index is 0.0166. The van der Waals surface area contributed by atoms with Crippen LogP contribution in [0.1, 0.15) is 31.2 Å². The average molecular weight is 363 g/mol. The third kappa shape index (κ3) is 5.57. The second kappa shape index (κ2) is 8.49. The van der Waals surface area contributed by atoms with E-state index in [2.05, 4.69) is 15.6 Å². The lowest BCUT2D eigenvalue weighted by molar-refractivity contribution is -0.183. The molecule has 0 spiro atoms. The van der Waals surface area contributed by atoms with E-state index in [1.54, 1.807) is 0 Å². The molecule has 0 saturated heterocycles. The molecule has 2 N–H and O–H groups in total. The van der Waals surface area contributed by atoms with E-state index < -0.39 is 23.7 Å². The van der Waals surface area contributed by atoms with Crippen molar-refractivity contribution in [1.82, 2.24) is 10.6 Å². The highest BCUT2D eigenvalue weighted by atomic mass is 19.4. The van der Waals surface area contributed by atoms with Gasteiger partial charge in [-0.25, -0.2) is 8.78 Å². The van der Waals surface area contributed by atoms with E-state index in [0.717, 1.165) is 6.07 Å². The fourth-order valence-corrected chi connectivity index (χ4v) is 3.06. The first kappa shape index (κ1) is 19.5. The molecule has 0 heterocycles. The van der Waals surface area contributed by atoms with Gasteiger partial charge in [-0.1, -0.05) is 18.6 Å². The zero-order valence-electron chi connectivity index (χ0n) is 14.0. The summed E-state index contributed by atoms with van der Waals surface area (Å²) in [6, 6.07) is 3.66. The Labute approximate surface area is 143 Å². The molecule has 0 aromatic heterocycles. The van der Waals surface area contributed by atoms with Gasteiger partial charge in [0, 0.05) is 19.6 Å². The molecule has 140 valence electrons. The van der Waals surface area contributed by atoms with Gasteiger partial charge in [0.05, 0.1) is 5.92 Å². The summed E-state index contributed by atoms with van der Waals surface area (Å²) in [5.41, 5.74) is 0.234. The molecule has 1 aliphatic carbocycles. The molecular formula is C17H22F5N3. The van der Waals surface area contributed by atoms with Crippen molar-refractivity contribution in [3.63, 3.8) is 0 Å². The van der Waals surface area contributed by atoms with Gasteiger partial charge < -0.3 is 10.6 Å². The van der Waals surface area contributed by atoms with Crippen LogP contribution in [-0.2, 0) is 6.42 Å². The van der Waals surface area contributed by atoms with E-state index >= 15 is 0 Å². The highest BCUT2D eigenvalue weighted by Crippen LogP contribution is 2.37. The van der Waals surface area contributed by atoms with Crippen LogP contribution in [0.3, 0.4) is 0 Å². The Kier molecular flexibility index (Phi) is 6.61. The molecule has 25 heavy (non-hydrogen) atoms. The standard InChI is InChI=1S/C17H22F5N3/c1-23-16(24-9-8-11-4-2-7-14(18)15(11)19)25-13-6-3-5-12(10-13)17(20,21)22/h2,4,7,12-13H,3,5-6,8-10H2,1H3,(H2,23,24,25). The number of nitrogens with one attached hydrogen (secondary N) is 2. The second-order valence-corrected chi connectivity index (χ2v) is 6.21. The van der Waals surface area contributed by atoms with Gasteiger partial charge in [-0.3, -0.25) is 4.99 Å². The van der Waals surface area contributed by atoms with Crippen molar-refractivity contribution < 1.29 is 22.0 Å². The Bertz CT molecular complexity index is 600. The van der Waals surface area contributed by atoms with Crippen LogP contribution in [0.5, 0.6) is 0 Å². The number of nitrogens with zero attached hydrogens (tertiary/aromatic N) is 1. The molecule has 0 bridgehead atoms. The zero-order valence-corrected chi connectivity index (χ0v) is 14.0. The molecule has 2 atom stereocenters. The summed E-state index contributed by atoms with van der Waals surface area (Å²) in [6.07, 6.45) is -2.61. The van der Waals surface area contributed by atoms with E-state index in [1.807, 2.05) is 0 Å². The lowest BCUT2D eigenvalue weighted by atomic mass is 9.85. The smallest absolute Gasteiger partial charge is 0.356 e. The van der Waals surface area contributed by atoms with Gasteiger partial charge in [0.1, 0.15) is 0 Å². The summed E-state index contributed by atoms with van der Waals surface area (Å²) >= 11 is 0. The van der Waals surface area contributed by atoms with E-state index in [-0.39, 0.29) is 37.4 Å². The molecule has 3 nitrogen and oxygen atoms in total. The third-order valence-corrected chi connectivity index (χ3v) is 4.42. The van der Waals surface area contributed by atoms with Crippen molar-refractivity contribution in [2.75, 3.05) is 13.6 Å². The van der Waals surface area contributed by atoms with E-state index in [4.69, 9.17) is 0 Å².